The summed E-state index contributed by atoms with van der Waals surface area (Å²) in [6.07, 6.45) is 3.12. The molecule has 21 heavy (non-hydrogen) atoms. The van der Waals surface area contributed by atoms with Crippen LogP contribution in [0.2, 0.25) is 0 Å². The molecular weight excluding hydrogens is 260 g/mol. The SMILES string of the molecule is CCCCN(CCC)C(=O)Nc1cccc2ccccc12. The van der Waals surface area contributed by atoms with Crippen LogP contribution in [0.25, 0.3) is 10.8 Å². The first-order valence-electron chi connectivity index (χ1n) is 7.80. The van der Waals surface area contributed by atoms with E-state index in [1.54, 1.807) is 0 Å². The van der Waals surface area contributed by atoms with E-state index in [9.17, 15) is 4.79 Å². The Labute approximate surface area is 127 Å². The molecule has 0 aliphatic rings. The molecule has 3 heteroatoms. The normalized spacial score (nSPS) is 10.6. The number of fused-ring (bicyclic) bond motifs is 1. The molecule has 0 aliphatic carbocycles. The number of hydrogen-bond donors (Lipinski definition) is 1. The zero-order chi connectivity index (χ0) is 15.1. The lowest BCUT2D eigenvalue weighted by atomic mass is 10.1. The molecule has 0 aromatic heterocycles. The Morgan fingerprint density at radius 2 is 1.76 bits per heavy atom. The largest absolute Gasteiger partial charge is 0.325 e. The lowest BCUT2D eigenvalue weighted by Gasteiger charge is -2.22. The predicted octanol–water partition coefficient (Wildman–Crippen LogP) is 4.88. The minimum atomic E-state index is 0.00153. The van der Waals surface area contributed by atoms with Gasteiger partial charge in [0, 0.05) is 18.5 Å². The van der Waals surface area contributed by atoms with Gasteiger partial charge in [0.15, 0.2) is 0 Å². The summed E-state index contributed by atoms with van der Waals surface area (Å²) in [7, 11) is 0. The Kier molecular flexibility index (Phi) is 5.61. The highest BCUT2D eigenvalue weighted by Crippen LogP contribution is 2.23. The van der Waals surface area contributed by atoms with Crippen LogP contribution >= 0.6 is 0 Å². The van der Waals surface area contributed by atoms with Gasteiger partial charge in [0.1, 0.15) is 0 Å². The Morgan fingerprint density at radius 1 is 1.00 bits per heavy atom. The number of carbonyl (C=O) groups excluding carboxylic acids is 1. The molecule has 0 bridgehead atoms. The summed E-state index contributed by atoms with van der Waals surface area (Å²) in [6, 6.07) is 14.1. The first-order chi connectivity index (χ1) is 10.3. The summed E-state index contributed by atoms with van der Waals surface area (Å²) >= 11 is 0. The molecule has 0 aliphatic heterocycles. The van der Waals surface area contributed by atoms with Gasteiger partial charge in [-0.2, -0.15) is 0 Å². The van der Waals surface area contributed by atoms with Crippen LogP contribution in [0.3, 0.4) is 0 Å². The van der Waals surface area contributed by atoms with E-state index in [0.717, 1.165) is 48.8 Å². The molecule has 0 unspecified atom stereocenters. The van der Waals surface area contributed by atoms with Gasteiger partial charge in [0.05, 0.1) is 5.69 Å². The van der Waals surface area contributed by atoms with Crippen molar-refractivity contribution in [2.45, 2.75) is 33.1 Å². The molecule has 2 aromatic carbocycles. The van der Waals surface area contributed by atoms with Crippen LogP contribution in [-0.4, -0.2) is 24.0 Å². The van der Waals surface area contributed by atoms with Gasteiger partial charge in [0.25, 0.3) is 0 Å². The highest BCUT2D eigenvalue weighted by molar-refractivity contribution is 6.01. The van der Waals surface area contributed by atoms with Crippen molar-refractivity contribution in [1.82, 2.24) is 4.90 Å². The number of urea groups is 1. The smallest absolute Gasteiger partial charge is 0.321 e. The summed E-state index contributed by atoms with van der Waals surface area (Å²) in [4.78, 5) is 14.4. The third kappa shape index (κ3) is 3.97. The number of amides is 2. The number of nitrogens with one attached hydrogen (secondary N) is 1. The van der Waals surface area contributed by atoms with Gasteiger partial charge in [-0.15, -0.1) is 0 Å². The molecule has 0 spiro atoms. The molecule has 0 saturated carbocycles. The number of nitrogens with zero attached hydrogens (tertiary/aromatic N) is 1. The maximum Gasteiger partial charge on any atom is 0.321 e. The molecule has 2 aromatic rings. The van der Waals surface area contributed by atoms with Gasteiger partial charge in [-0.05, 0) is 24.3 Å². The van der Waals surface area contributed by atoms with Crippen molar-refractivity contribution in [2.24, 2.45) is 0 Å². The Hall–Kier alpha value is -2.03. The topological polar surface area (TPSA) is 32.3 Å². The molecule has 2 amide bonds. The van der Waals surface area contributed by atoms with Crippen molar-refractivity contribution in [2.75, 3.05) is 18.4 Å². The molecule has 0 atom stereocenters. The average molecular weight is 284 g/mol. The predicted molar refractivity (Wildman–Crippen MR) is 89.7 cm³/mol. The summed E-state index contributed by atoms with van der Waals surface area (Å²) in [5.74, 6) is 0. The second-order valence-electron chi connectivity index (χ2n) is 5.30. The van der Waals surface area contributed by atoms with E-state index in [1.807, 2.05) is 35.2 Å². The maximum absolute atomic E-state index is 12.5. The number of benzene rings is 2. The molecule has 1 N–H and O–H groups in total. The van der Waals surface area contributed by atoms with Crippen molar-refractivity contribution in [3.05, 3.63) is 42.5 Å². The van der Waals surface area contributed by atoms with Crippen LogP contribution in [0.5, 0.6) is 0 Å². The molecule has 0 saturated heterocycles. The van der Waals surface area contributed by atoms with Crippen molar-refractivity contribution >= 4 is 22.5 Å². The van der Waals surface area contributed by atoms with E-state index in [4.69, 9.17) is 0 Å². The molecule has 0 radical (unpaired) electrons. The van der Waals surface area contributed by atoms with E-state index >= 15 is 0 Å². The summed E-state index contributed by atoms with van der Waals surface area (Å²) in [5, 5.41) is 5.29. The van der Waals surface area contributed by atoms with Gasteiger partial charge < -0.3 is 10.2 Å². The summed E-state index contributed by atoms with van der Waals surface area (Å²) in [5.41, 5.74) is 0.885. The van der Waals surface area contributed by atoms with Crippen LogP contribution < -0.4 is 5.32 Å². The van der Waals surface area contributed by atoms with Crippen molar-refractivity contribution in [3.8, 4) is 0 Å². The molecule has 3 nitrogen and oxygen atoms in total. The number of anilines is 1. The van der Waals surface area contributed by atoms with Crippen molar-refractivity contribution < 1.29 is 4.79 Å². The molecule has 0 heterocycles. The highest BCUT2D eigenvalue weighted by Gasteiger charge is 2.13. The Bertz CT molecular complexity index is 589. The van der Waals surface area contributed by atoms with Crippen LogP contribution in [0.1, 0.15) is 33.1 Å². The fraction of sp³-hybridized carbons (Fsp3) is 0.389. The lowest BCUT2D eigenvalue weighted by Crippen LogP contribution is -2.36. The van der Waals surface area contributed by atoms with E-state index in [0.29, 0.717) is 0 Å². The van der Waals surface area contributed by atoms with Gasteiger partial charge in [-0.3, -0.25) is 0 Å². The van der Waals surface area contributed by atoms with E-state index in [2.05, 4.69) is 31.3 Å². The third-order valence-corrected chi connectivity index (χ3v) is 3.59. The quantitative estimate of drug-likeness (QED) is 0.805. The van der Waals surface area contributed by atoms with Crippen molar-refractivity contribution in [3.63, 3.8) is 0 Å². The number of unbranched alkanes of at least 4 members (excludes halogenated alkanes) is 1. The first-order valence-corrected chi connectivity index (χ1v) is 7.80. The fourth-order valence-electron chi connectivity index (χ4n) is 2.46. The third-order valence-electron chi connectivity index (χ3n) is 3.59. The fourth-order valence-corrected chi connectivity index (χ4v) is 2.46. The lowest BCUT2D eigenvalue weighted by molar-refractivity contribution is 0.211. The zero-order valence-corrected chi connectivity index (χ0v) is 12.9. The summed E-state index contributed by atoms with van der Waals surface area (Å²) < 4.78 is 0. The van der Waals surface area contributed by atoms with E-state index in [-0.39, 0.29) is 6.03 Å². The Balaban J connectivity index is 2.16. The maximum atomic E-state index is 12.5. The average Bonchev–Trinajstić information content (AvgIpc) is 2.51. The number of carbonyl (C=O) groups is 1. The molecule has 0 fully saturated rings. The van der Waals surface area contributed by atoms with Gasteiger partial charge in [0.2, 0.25) is 0 Å². The Morgan fingerprint density at radius 3 is 2.52 bits per heavy atom. The van der Waals surface area contributed by atoms with Gasteiger partial charge in [-0.1, -0.05) is 56.7 Å². The van der Waals surface area contributed by atoms with Crippen LogP contribution in [0.4, 0.5) is 10.5 Å². The molecular formula is C18H24N2O. The molecule has 112 valence electrons. The summed E-state index contributed by atoms with van der Waals surface area (Å²) in [6.45, 7) is 5.87. The minimum Gasteiger partial charge on any atom is -0.325 e. The molecule has 2 rings (SSSR count). The van der Waals surface area contributed by atoms with E-state index < -0.39 is 0 Å². The minimum absolute atomic E-state index is 0.00153. The van der Waals surface area contributed by atoms with Crippen LogP contribution in [-0.2, 0) is 0 Å². The zero-order valence-electron chi connectivity index (χ0n) is 12.9. The van der Waals surface area contributed by atoms with Crippen LogP contribution in [0, 0.1) is 0 Å². The van der Waals surface area contributed by atoms with Crippen LogP contribution in [0.15, 0.2) is 42.5 Å². The second kappa shape index (κ2) is 7.67. The number of rotatable bonds is 6. The van der Waals surface area contributed by atoms with E-state index in [1.165, 1.54) is 0 Å². The second-order valence-corrected chi connectivity index (χ2v) is 5.30. The standard InChI is InChI=1S/C18H24N2O/c1-3-5-14-20(13-4-2)18(21)19-17-12-8-10-15-9-6-7-11-16(15)17/h6-12H,3-5,13-14H2,1-2H3,(H,19,21). The monoisotopic (exact) mass is 284 g/mol. The van der Waals surface area contributed by atoms with Gasteiger partial charge in [-0.25, -0.2) is 4.79 Å². The van der Waals surface area contributed by atoms with Gasteiger partial charge >= 0.3 is 6.03 Å². The highest BCUT2D eigenvalue weighted by atomic mass is 16.2. The van der Waals surface area contributed by atoms with Crippen molar-refractivity contribution in [1.29, 1.82) is 0 Å². The first kappa shape index (κ1) is 15.4. The number of hydrogen-bond acceptors (Lipinski definition) is 1.